The van der Waals surface area contributed by atoms with Gasteiger partial charge in [0.05, 0.1) is 11.4 Å². The summed E-state index contributed by atoms with van der Waals surface area (Å²) in [7, 11) is 0. The van der Waals surface area contributed by atoms with E-state index >= 15 is 0 Å². The minimum Gasteiger partial charge on any atom is -0.310 e. The molecule has 0 N–H and O–H groups in total. The zero-order valence-corrected chi connectivity index (χ0v) is 25.4. The van der Waals surface area contributed by atoms with E-state index in [-0.39, 0.29) is 0 Å². The van der Waals surface area contributed by atoms with Crippen molar-refractivity contribution in [1.82, 2.24) is 0 Å². The first-order valence-corrected chi connectivity index (χ1v) is 15.7. The maximum absolute atomic E-state index is 2.36. The van der Waals surface area contributed by atoms with Crippen LogP contribution in [0.15, 0.2) is 194 Å². The Morgan fingerprint density at radius 3 is 1.07 bits per heavy atom. The van der Waals surface area contributed by atoms with Gasteiger partial charge in [0, 0.05) is 33.5 Å². The zero-order chi connectivity index (χ0) is 30.7. The quantitative estimate of drug-likeness (QED) is 0.183. The Labute approximate surface area is 270 Å². The molecule has 218 valence electrons. The third-order valence-corrected chi connectivity index (χ3v) is 8.59. The lowest BCUT2D eigenvalue weighted by molar-refractivity contribution is 1.29. The van der Waals surface area contributed by atoms with Gasteiger partial charge >= 0.3 is 0 Å². The van der Waals surface area contributed by atoms with E-state index in [1.54, 1.807) is 0 Å². The van der Waals surface area contributed by atoms with E-state index in [9.17, 15) is 0 Å². The molecule has 0 bridgehead atoms. The van der Waals surface area contributed by atoms with Crippen LogP contribution in [0.25, 0.3) is 32.7 Å². The molecule has 0 saturated heterocycles. The van der Waals surface area contributed by atoms with E-state index in [1.165, 1.54) is 21.5 Å². The minimum absolute atomic E-state index is 1.11. The largest absolute Gasteiger partial charge is 0.310 e. The molecule has 0 amide bonds. The molecule has 2 nitrogen and oxygen atoms in total. The second-order valence-electron chi connectivity index (χ2n) is 11.4. The summed E-state index contributed by atoms with van der Waals surface area (Å²) in [5.74, 6) is 0. The average molecular weight is 589 g/mol. The molecule has 46 heavy (non-hydrogen) atoms. The third-order valence-electron chi connectivity index (χ3n) is 8.59. The first-order chi connectivity index (χ1) is 22.8. The van der Waals surface area contributed by atoms with Crippen LogP contribution in [0.4, 0.5) is 34.1 Å². The van der Waals surface area contributed by atoms with Gasteiger partial charge in [-0.05, 0) is 82.6 Å². The molecule has 8 aromatic carbocycles. The van der Waals surface area contributed by atoms with Crippen molar-refractivity contribution in [2.24, 2.45) is 0 Å². The second-order valence-corrected chi connectivity index (χ2v) is 11.4. The Hall–Kier alpha value is -6.12. The number of hydrogen-bond acceptors (Lipinski definition) is 2. The first-order valence-electron chi connectivity index (χ1n) is 15.7. The van der Waals surface area contributed by atoms with Crippen molar-refractivity contribution in [3.05, 3.63) is 194 Å². The number of rotatable bonds is 7. The molecular formula is C44H32N2. The fraction of sp³-hybridized carbons (Fsp3) is 0. The molecule has 0 aromatic heterocycles. The van der Waals surface area contributed by atoms with Gasteiger partial charge in [-0.2, -0.15) is 0 Å². The van der Waals surface area contributed by atoms with Gasteiger partial charge in [-0.15, -0.1) is 0 Å². The van der Waals surface area contributed by atoms with Gasteiger partial charge in [0.1, 0.15) is 0 Å². The molecule has 2 heteroatoms. The maximum atomic E-state index is 2.36. The van der Waals surface area contributed by atoms with Crippen LogP contribution in [0, 0.1) is 0 Å². The van der Waals surface area contributed by atoms with E-state index < -0.39 is 0 Å². The summed E-state index contributed by atoms with van der Waals surface area (Å²) < 4.78 is 0. The molecule has 0 radical (unpaired) electrons. The van der Waals surface area contributed by atoms with Crippen LogP contribution in [-0.2, 0) is 0 Å². The molecule has 8 aromatic rings. The fourth-order valence-corrected chi connectivity index (χ4v) is 6.46. The Kier molecular flexibility index (Phi) is 7.22. The molecule has 0 spiro atoms. The highest BCUT2D eigenvalue weighted by Gasteiger charge is 2.18. The van der Waals surface area contributed by atoms with Crippen LogP contribution in [-0.4, -0.2) is 0 Å². The highest BCUT2D eigenvalue weighted by atomic mass is 15.1. The van der Waals surface area contributed by atoms with Crippen molar-refractivity contribution < 1.29 is 0 Å². The van der Waals surface area contributed by atoms with Gasteiger partial charge in [-0.25, -0.2) is 0 Å². The first kappa shape index (κ1) is 27.4. The molecule has 0 heterocycles. The third kappa shape index (κ3) is 5.16. The summed E-state index contributed by atoms with van der Waals surface area (Å²) in [6.07, 6.45) is 0. The molecule has 8 rings (SSSR count). The molecule has 0 unspecified atom stereocenters. The van der Waals surface area contributed by atoms with Crippen LogP contribution >= 0.6 is 0 Å². The normalized spacial score (nSPS) is 11.0. The Balaban J connectivity index is 1.26. The average Bonchev–Trinajstić information content (AvgIpc) is 3.13. The van der Waals surface area contributed by atoms with Crippen molar-refractivity contribution in [2.75, 3.05) is 9.80 Å². The molecule has 0 aliphatic carbocycles. The van der Waals surface area contributed by atoms with Crippen LogP contribution in [0.2, 0.25) is 0 Å². The number of para-hydroxylation sites is 2. The van der Waals surface area contributed by atoms with Crippen molar-refractivity contribution in [3.8, 4) is 11.1 Å². The summed E-state index contributed by atoms with van der Waals surface area (Å²) in [5.41, 5.74) is 9.09. The highest BCUT2D eigenvalue weighted by molar-refractivity contribution is 6.00. The van der Waals surface area contributed by atoms with Crippen molar-refractivity contribution in [1.29, 1.82) is 0 Å². The van der Waals surface area contributed by atoms with Gasteiger partial charge < -0.3 is 9.80 Å². The molecule has 0 aliphatic rings. The topological polar surface area (TPSA) is 6.48 Å². The second kappa shape index (κ2) is 12.1. The highest BCUT2D eigenvalue weighted by Crippen LogP contribution is 2.42. The lowest BCUT2D eigenvalue weighted by Crippen LogP contribution is -2.11. The zero-order valence-electron chi connectivity index (χ0n) is 25.4. The van der Waals surface area contributed by atoms with E-state index in [0.717, 1.165) is 45.3 Å². The van der Waals surface area contributed by atoms with Gasteiger partial charge in [0.2, 0.25) is 0 Å². The summed E-state index contributed by atoms with van der Waals surface area (Å²) >= 11 is 0. The predicted molar refractivity (Wildman–Crippen MR) is 196 cm³/mol. The lowest BCUT2D eigenvalue weighted by Gasteiger charge is -2.28. The van der Waals surface area contributed by atoms with Crippen molar-refractivity contribution in [2.45, 2.75) is 0 Å². The Morgan fingerprint density at radius 2 is 0.609 bits per heavy atom. The van der Waals surface area contributed by atoms with Gasteiger partial charge in [0.15, 0.2) is 0 Å². The number of benzene rings is 8. The molecule has 0 saturated carbocycles. The standard InChI is InChI=1S/C44H32N2/c1-3-21-37(22-4-1)45(43-29-13-17-33-15-7-9-27-41(33)43)39-25-11-19-35(31-39)36-20-12-26-40(32-36)46(38-23-5-2-6-24-38)44-30-14-18-34-16-8-10-28-42(34)44/h1-32H. The molecular weight excluding hydrogens is 556 g/mol. The Morgan fingerprint density at radius 1 is 0.261 bits per heavy atom. The lowest BCUT2D eigenvalue weighted by atomic mass is 10.0. The summed E-state index contributed by atoms with van der Waals surface area (Å²) in [5, 5.41) is 4.88. The summed E-state index contributed by atoms with van der Waals surface area (Å²) in [4.78, 5) is 4.73. The fourth-order valence-electron chi connectivity index (χ4n) is 6.46. The van der Waals surface area contributed by atoms with E-state index in [4.69, 9.17) is 0 Å². The minimum atomic E-state index is 1.11. The van der Waals surface area contributed by atoms with Crippen LogP contribution < -0.4 is 9.80 Å². The van der Waals surface area contributed by atoms with Crippen molar-refractivity contribution in [3.63, 3.8) is 0 Å². The van der Waals surface area contributed by atoms with Gasteiger partial charge in [-0.3, -0.25) is 0 Å². The smallest absolute Gasteiger partial charge is 0.0540 e. The van der Waals surface area contributed by atoms with Crippen molar-refractivity contribution >= 4 is 55.7 Å². The molecule has 0 atom stereocenters. The summed E-state index contributed by atoms with van der Waals surface area (Å²) in [6.45, 7) is 0. The van der Waals surface area contributed by atoms with Gasteiger partial charge in [-0.1, -0.05) is 133 Å². The monoisotopic (exact) mass is 588 g/mol. The van der Waals surface area contributed by atoms with E-state index in [2.05, 4.69) is 204 Å². The van der Waals surface area contributed by atoms with Crippen LogP contribution in [0.1, 0.15) is 0 Å². The van der Waals surface area contributed by atoms with Crippen LogP contribution in [0.5, 0.6) is 0 Å². The van der Waals surface area contributed by atoms with E-state index in [1.807, 2.05) is 0 Å². The number of fused-ring (bicyclic) bond motifs is 2. The Bertz CT molecular complexity index is 2100. The van der Waals surface area contributed by atoms with Crippen LogP contribution in [0.3, 0.4) is 0 Å². The molecule has 0 fully saturated rings. The van der Waals surface area contributed by atoms with E-state index in [0.29, 0.717) is 0 Å². The summed E-state index contributed by atoms with van der Waals surface area (Å²) in [6, 6.07) is 69.3. The molecule has 0 aliphatic heterocycles. The maximum Gasteiger partial charge on any atom is 0.0540 e. The predicted octanol–water partition coefficient (Wildman–Crippen LogP) is 12.6. The SMILES string of the molecule is c1ccc(N(c2cccc(-c3cccc(N(c4ccccc4)c4cccc5ccccc45)c3)c2)c2cccc3ccccc23)cc1. The number of hydrogen-bond donors (Lipinski definition) is 0. The number of nitrogens with zero attached hydrogens (tertiary/aromatic N) is 2. The number of anilines is 6. The van der Waals surface area contributed by atoms with Gasteiger partial charge in [0.25, 0.3) is 0 Å².